The lowest BCUT2D eigenvalue weighted by molar-refractivity contribution is 0.0492. The van der Waals surface area contributed by atoms with Crippen molar-refractivity contribution in [3.63, 3.8) is 0 Å². The van der Waals surface area contributed by atoms with Gasteiger partial charge in [0.05, 0.1) is 6.54 Å². The first-order valence-corrected chi connectivity index (χ1v) is 8.83. The zero-order valence-corrected chi connectivity index (χ0v) is 13.9. The lowest BCUT2D eigenvalue weighted by Crippen LogP contribution is -2.52. The molecule has 0 radical (unpaired) electrons. The number of thiazole rings is 1. The second-order valence-corrected chi connectivity index (χ2v) is 6.87. The minimum absolute atomic E-state index is 0.152. The van der Waals surface area contributed by atoms with Crippen molar-refractivity contribution < 1.29 is 9.50 Å². The van der Waals surface area contributed by atoms with Gasteiger partial charge >= 0.3 is 0 Å². The molecule has 0 bridgehead atoms. The summed E-state index contributed by atoms with van der Waals surface area (Å²) in [6, 6.07) is 7.18. The quantitative estimate of drug-likeness (QED) is 0.880. The molecule has 0 saturated carbocycles. The molecule has 0 aliphatic carbocycles. The van der Waals surface area contributed by atoms with Crippen molar-refractivity contribution in [3.8, 4) is 0 Å². The average molecular weight is 335 g/mol. The third-order valence-electron chi connectivity index (χ3n) is 4.32. The van der Waals surface area contributed by atoms with Crippen molar-refractivity contribution in [1.82, 2.24) is 14.8 Å². The van der Waals surface area contributed by atoms with Crippen molar-refractivity contribution in [3.05, 3.63) is 52.2 Å². The molecule has 0 unspecified atom stereocenters. The smallest absolute Gasteiger partial charge is 0.127 e. The molecule has 124 valence electrons. The van der Waals surface area contributed by atoms with Crippen molar-refractivity contribution in [2.24, 2.45) is 0 Å². The van der Waals surface area contributed by atoms with Crippen LogP contribution in [0, 0.1) is 5.82 Å². The number of aliphatic hydroxyl groups excluding tert-OH is 1. The second-order valence-electron chi connectivity index (χ2n) is 5.89. The monoisotopic (exact) mass is 335 g/mol. The summed E-state index contributed by atoms with van der Waals surface area (Å²) in [5, 5.41) is 12.5. The summed E-state index contributed by atoms with van der Waals surface area (Å²) in [6.07, 6.45) is 2.54. The molecule has 23 heavy (non-hydrogen) atoms. The maximum Gasteiger partial charge on any atom is 0.127 e. The summed E-state index contributed by atoms with van der Waals surface area (Å²) in [4.78, 5) is 9.00. The molecule has 2 heterocycles. The molecule has 2 aromatic rings. The minimum Gasteiger partial charge on any atom is -0.396 e. The van der Waals surface area contributed by atoms with Crippen molar-refractivity contribution in [1.29, 1.82) is 0 Å². The Hall–Kier alpha value is -1.34. The Balaban J connectivity index is 1.64. The fourth-order valence-electron chi connectivity index (χ4n) is 3.10. The summed E-state index contributed by atoms with van der Waals surface area (Å²) in [5.74, 6) is -0.152. The molecular weight excluding hydrogens is 313 g/mol. The predicted molar refractivity (Wildman–Crippen MR) is 89.7 cm³/mol. The van der Waals surface area contributed by atoms with Crippen LogP contribution >= 0.6 is 11.3 Å². The molecule has 1 aromatic heterocycles. The van der Waals surface area contributed by atoms with Gasteiger partial charge in [0, 0.05) is 56.0 Å². The van der Waals surface area contributed by atoms with E-state index in [1.807, 2.05) is 23.7 Å². The van der Waals surface area contributed by atoms with E-state index in [0.717, 1.165) is 36.8 Å². The van der Waals surface area contributed by atoms with E-state index in [1.165, 1.54) is 6.07 Å². The Morgan fingerprint density at radius 1 is 1.26 bits per heavy atom. The standard InChI is InChI=1S/C17H22FN3OS/c18-16-4-2-1-3-14(16)11-21-8-7-20(12-15(21)5-9-22)13-17-19-6-10-23-17/h1-4,6,10,15,22H,5,7-9,11-13H2/t15-/m1/s1. The number of hydrogen-bond acceptors (Lipinski definition) is 5. The van der Waals surface area contributed by atoms with Gasteiger partial charge in [0.15, 0.2) is 0 Å². The highest BCUT2D eigenvalue weighted by atomic mass is 32.1. The van der Waals surface area contributed by atoms with Crippen LogP contribution in [-0.4, -0.2) is 52.2 Å². The molecule has 4 nitrogen and oxygen atoms in total. The van der Waals surface area contributed by atoms with Gasteiger partial charge in [0.25, 0.3) is 0 Å². The van der Waals surface area contributed by atoms with Gasteiger partial charge in [0.1, 0.15) is 10.8 Å². The van der Waals surface area contributed by atoms with E-state index in [2.05, 4.69) is 14.8 Å². The topological polar surface area (TPSA) is 39.6 Å². The van der Waals surface area contributed by atoms with Crippen molar-refractivity contribution >= 4 is 11.3 Å². The molecule has 1 aliphatic rings. The number of hydrogen-bond donors (Lipinski definition) is 1. The Bertz CT molecular complexity index is 608. The van der Waals surface area contributed by atoms with E-state index in [1.54, 1.807) is 17.4 Å². The van der Waals surface area contributed by atoms with Gasteiger partial charge in [-0.1, -0.05) is 18.2 Å². The molecule has 1 fully saturated rings. The number of aliphatic hydroxyl groups is 1. The zero-order chi connectivity index (χ0) is 16.1. The number of aromatic nitrogens is 1. The van der Waals surface area contributed by atoms with Gasteiger partial charge in [-0.2, -0.15) is 0 Å². The second kappa shape index (κ2) is 7.97. The maximum atomic E-state index is 13.9. The summed E-state index contributed by atoms with van der Waals surface area (Å²) in [7, 11) is 0. The van der Waals surface area contributed by atoms with Gasteiger partial charge < -0.3 is 5.11 Å². The van der Waals surface area contributed by atoms with Crippen molar-refractivity contribution in [2.75, 3.05) is 26.2 Å². The molecule has 1 N–H and O–H groups in total. The molecule has 0 amide bonds. The Morgan fingerprint density at radius 3 is 2.87 bits per heavy atom. The third kappa shape index (κ3) is 4.35. The van der Waals surface area contributed by atoms with Crippen LogP contribution in [0.2, 0.25) is 0 Å². The van der Waals surface area contributed by atoms with Crippen LogP contribution < -0.4 is 0 Å². The molecule has 1 aromatic carbocycles. The highest BCUT2D eigenvalue weighted by molar-refractivity contribution is 7.09. The lowest BCUT2D eigenvalue weighted by Gasteiger charge is -2.41. The van der Waals surface area contributed by atoms with Gasteiger partial charge in [-0.05, 0) is 12.5 Å². The van der Waals surface area contributed by atoms with Gasteiger partial charge in [-0.3, -0.25) is 9.80 Å². The predicted octanol–water partition coefficient (Wildman–Crippen LogP) is 2.35. The maximum absolute atomic E-state index is 13.9. The zero-order valence-electron chi connectivity index (χ0n) is 13.1. The van der Waals surface area contributed by atoms with Crippen LogP contribution in [0.25, 0.3) is 0 Å². The molecule has 0 spiro atoms. The van der Waals surface area contributed by atoms with E-state index in [0.29, 0.717) is 13.0 Å². The number of benzene rings is 1. The van der Waals surface area contributed by atoms with Crippen LogP contribution in [0.5, 0.6) is 0 Å². The summed E-state index contributed by atoms with van der Waals surface area (Å²) in [5.41, 5.74) is 0.726. The molecule has 6 heteroatoms. The summed E-state index contributed by atoms with van der Waals surface area (Å²) in [6.45, 7) is 4.31. The first-order valence-electron chi connectivity index (χ1n) is 7.95. The largest absolute Gasteiger partial charge is 0.396 e. The van der Waals surface area contributed by atoms with E-state index in [4.69, 9.17) is 0 Å². The highest BCUT2D eigenvalue weighted by Crippen LogP contribution is 2.20. The number of halogens is 1. The van der Waals surface area contributed by atoms with Gasteiger partial charge in [-0.25, -0.2) is 9.37 Å². The Morgan fingerprint density at radius 2 is 2.13 bits per heavy atom. The highest BCUT2D eigenvalue weighted by Gasteiger charge is 2.27. The fourth-order valence-corrected chi connectivity index (χ4v) is 3.76. The van der Waals surface area contributed by atoms with E-state index >= 15 is 0 Å². The minimum atomic E-state index is -0.152. The van der Waals surface area contributed by atoms with Crippen LogP contribution in [-0.2, 0) is 13.1 Å². The first-order chi connectivity index (χ1) is 11.3. The van der Waals surface area contributed by atoms with Gasteiger partial charge in [0.2, 0.25) is 0 Å². The molecule has 1 atom stereocenters. The van der Waals surface area contributed by atoms with E-state index in [9.17, 15) is 9.50 Å². The number of nitrogens with zero attached hydrogens (tertiary/aromatic N) is 3. The fraction of sp³-hybridized carbons (Fsp3) is 0.471. The SMILES string of the molecule is OCC[C@@H]1CN(Cc2nccs2)CCN1Cc1ccccc1F. The first kappa shape index (κ1) is 16.5. The Labute approximate surface area is 140 Å². The van der Waals surface area contributed by atoms with E-state index in [-0.39, 0.29) is 18.5 Å². The third-order valence-corrected chi connectivity index (χ3v) is 5.09. The summed E-state index contributed by atoms with van der Waals surface area (Å²) < 4.78 is 13.9. The summed E-state index contributed by atoms with van der Waals surface area (Å²) >= 11 is 1.67. The van der Waals surface area contributed by atoms with Crippen LogP contribution in [0.15, 0.2) is 35.8 Å². The average Bonchev–Trinajstić information content (AvgIpc) is 3.05. The molecule has 1 saturated heterocycles. The Kier molecular flexibility index (Phi) is 5.72. The number of piperazine rings is 1. The molecular formula is C17H22FN3OS. The van der Waals surface area contributed by atoms with Crippen LogP contribution in [0.3, 0.4) is 0 Å². The number of rotatable bonds is 6. The normalized spacial score (nSPS) is 20.0. The molecule has 3 rings (SSSR count). The van der Waals surface area contributed by atoms with E-state index < -0.39 is 0 Å². The van der Waals surface area contributed by atoms with Crippen LogP contribution in [0.1, 0.15) is 17.0 Å². The lowest BCUT2D eigenvalue weighted by atomic mass is 10.1. The van der Waals surface area contributed by atoms with Gasteiger partial charge in [-0.15, -0.1) is 11.3 Å². The van der Waals surface area contributed by atoms with Crippen molar-refractivity contribution in [2.45, 2.75) is 25.6 Å². The van der Waals surface area contributed by atoms with Crippen LogP contribution in [0.4, 0.5) is 4.39 Å². The molecule has 1 aliphatic heterocycles.